The van der Waals surface area contributed by atoms with Gasteiger partial charge in [0.1, 0.15) is 0 Å². The summed E-state index contributed by atoms with van der Waals surface area (Å²) in [7, 11) is 0. The van der Waals surface area contributed by atoms with Gasteiger partial charge in [0.15, 0.2) is 11.5 Å². The Morgan fingerprint density at radius 1 is 1.21 bits per heavy atom. The number of fused-ring (bicyclic) bond motifs is 1. The van der Waals surface area contributed by atoms with E-state index in [4.69, 9.17) is 9.47 Å². The van der Waals surface area contributed by atoms with Gasteiger partial charge in [0.05, 0.1) is 4.92 Å². The maximum absolute atomic E-state index is 11.0. The molecular formula is C18H20N2O4. The number of nitro benzene ring substituents is 1. The average Bonchev–Trinajstić information content (AvgIpc) is 3.06. The predicted octanol–water partition coefficient (Wildman–Crippen LogP) is 3.43. The van der Waals surface area contributed by atoms with Gasteiger partial charge in [-0.1, -0.05) is 24.3 Å². The third-order valence-corrected chi connectivity index (χ3v) is 4.13. The van der Waals surface area contributed by atoms with Crippen LogP contribution >= 0.6 is 0 Å². The van der Waals surface area contributed by atoms with E-state index in [1.165, 1.54) is 11.6 Å². The largest absolute Gasteiger partial charge is 0.454 e. The van der Waals surface area contributed by atoms with Crippen LogP contribution in [0.3, 0.4) is 0 Å². The van der Waals surface area contributed by atoms with Crippen molar-refractivity contribution < 1.29 is 14.4 Å². The molecule has 1 unspecified atom stereocenters. The molecule has 1 aliphatic rings. The van der Waals surface area contributed by atoms with Crippen LogP contribution in [-0.2, 0) is 13.0 Å². The molecule has 0 saturated carbocycles. The van der Waals surface area contributed by atoms with E-state index in [1.807, 2.05) is 24.3 Å². The zero-order valence-corrected chi connectivity index (χ0v) is 13.5. The molecule has 24 heavy (non-hydrogen) atoms. The summed E-state index contributed by atoms with van der Waals surface area (Å²) in [5.41, 5.74) is 2.06. The number of rotatable bonds is 7. The molecule has 6 nitrogen and oxygen atoms in total. The second kappa shape index (κ2) is 7.31. The summed E-state index contributed by atoms with van der Waals surface area (Å²) in [4.78, 5) is 10.7. The topological polar surface area (TPSA) is 73.6 Å². The number of aryl methyl sites for hydroxylation is 1. The number of hydrogen-bond acceptors (Lipinski definition) is 5. The van der Waals surface area contributed by atoms with Crippen molar-refractivity contribution in [3.8, 4) is 11.5 Å². The molecule has 126 valence electrons. The lowest BCUT2D eigenvalue weighted by Crippen LogP contribution is -2.26. The molecule has 1 atom stereocenters. The minimum Gasteiger partial charge on any atom is -0.454 e. The van der Waals surface area contributed by atoms with Gasteiger partial charge in [-0.25, -0.2) is 0 Å². The van der Waals surface area contributed by atoms with Gasteiger partial charge in [-0.2, -0.15) is 0 Å². The van der Waals surface area contributed by atoms with E-state index < -0.39 is 0 Å². The monoisotopic (exact) mass is 328 g/mol. The fourth-order valence-electron chi connectivity index (χ4n) is 2.70. The van der Waals surface area contributed by atoms with E-state index in [9.17, 15) is 10.1 Å². The standard InChI is InChI=1S/C18H20N2O4/c1-13(19-11-15-4-2-3-5-16(15)20(21)22)6-7-14-8-9-17-18(10-14)24-12-23-17/h2-5,8-10,13,19H,6-7,11-12H2,1H3. The van der Waals surface area contributed by atoms with Crippen LogP contribution in [0.15, 0.2) is 42.5 Å². The third kappa shape index (κ3) is 3.83. The summed E-state index contributed by atoms with van der Waals surface area (Å²) >= 11 is 0. The second-order valence-corrected chi connectivity index (χ2v) is 5.89. The van der Waals surface area contributed by atoms with Crippen molar-refractivity contribution >= 4 is 5.69 Å². The number of nitrogens with zero attached hydrogens (tertiary/aromatic N) is 1. The first-order chi connectivity index (χ1) is 11.6. The van der Waals surface area contributed by atoms with E-state index in [1.54, 1.807) is 12.1 Å². The summed E-state index contributed by atoms with van der Waals surface area (Å²) in [5, 5.41) is 14.4. The predicted molar refractivity (Wildman–Crippen MR) is 90.3 cm³/mol. The maximum Gasteiger partial charge on any atom is 0.273 e. The van der Waals surface area contributed by atoms with Gasteiger partial charge in [-0.05, 0) is 37.5 Å². The molecule has 0 saturated heterocycles. The first-order valence-electron chi connectivity index (χ1n) is 7.97. The van der Waals surface area contributed by atoms with E-state index in [0.717, 1.165) is 24.3 Å². The Morgan fingerprint density at radius 3 is 2.83 bits per heavy atom. The molecule has 0 amide bonds. The van der Waals surface area contributed by atoms with E-state index in [-0.39, 0.29) is 23.4 Å². The highest BCUT2D eigenvalue weighted by Gasteiger charge is 2.15. The average molecular weight is 328 g/mol. The first-order valence-corrected chi connectivity index (χ1v) is 7.97. The Labute approximate surface area is 140 Å². The summed E-state index contributed by atoms with van der Waals surface area (Å²) in [5.74, 6) is 1.59. The summed E-state index contributed by atoms with van der Waals surface area (Å²) in [6, 6.07) is 13.1. The van der Waals surface area contributed by atoms with E-state index in [0.29, 0.717) is 12.1 Å². The van der Waals surface area contributed by atoms with Crippen LogP contribution < -0.4 is 14.8 Å². The fraction of sp³-hybridized carbons (Fsp3) is 0.333. The molecule has 2 aromatic carbocycles. The maximum atomic E-state index is 11.0. The molecule has 0 aliphatic carbocycles. The lowest BCUT2D eigenvalue weighted by Gasteiger charge is -2.14. The van der Waals surface area contributed by atoms with Crippen molar-refractivity contribution in [1.29, 1.82) is 0 Å². The van der Waals surface area contributed by atoms with Crippen LogP contribution in [0.5, 0.6) is 11.5 Å². The summed E-state index contributed by atoms with van der Waals surface area (Å²) < 4.78 is 10.7. The van der Waals surface area contributed by atoms with Crippen molar-refractivity contribution in [2.45, 2.75) is 32.4 Å². The minimum absolute atomic E-state index is 0.160. The number of nitro groups is 1. The molecule has 1 aliphatic heterocycles. The Bertz CT molecular complexity index is 733. The number of benzene rings is 2. The van der Waals surface area contributed by atoms with Gasteiger partial charge in [-0.3, -0.25) is 10.1 Å². The van der Waals surface area contributed by atoms with Crippen LogP contribution in [0, 0.1) is 10.1 Å². The molecule has 1 N–H and O–H groups in total. The number of hydrogen-bond donors (Lipinski definition) is 1. The van der Waals surface area contributed by atoms with Gasteiger partial charge < -0.3 is 14.8 Å². The van der Waals surface area contributed by atoms with Crippen LogP contribution in [-0.4, -0.2) is 17.8 Å². The molecular weight excluding hydrogens is 308 g/mol. The normalized spacial score (nSPS) is 13.7. The SMILES string of the molecule is CC(CCc1ccc2c(c1)OCO2)NCc1ccccc1[N+](=O)[O-]. The van der Waals surface area contributed by atoms with Crippen molar-refractivity contribution in [3.63, 3.8) is 0 Å². The Kier molecular flexibility index (Phi) is 4.96. The Morgan fingerprint density at radius 2 is 2.00 bits per heavy atom. The van der Waals surface area contributed by atoms with Gasteiger partial charge in [0, 0.05) is 24.2 Å². The smallest absolute Gasteiger partial charge is 0.273 e. The molecule has 1 heterocycles. The van der Waals surface area contributed by atoms with Crippen molar-refractivity contribution in [2.75, 3.05) is 6.79 Å². The molecule has 0 spiro atoms. The highest BCUT2D eigenvalue weighted by Crippen LogP contribution is 2.32. The van der Waals surface area contributed by atoms with Gasteiger partial charge >= 0.3 is 0 Å². The third-order valence-electron chi connectivity index (χ3n) is 4.13. The van der Waals surface area contributed by atoms with Crippen molar-refractivity contribution in [2.24, 2.45) is 0 Å². The fourth-order valence-corrected chi connectivity index (χ4v) is 2.70. The minimum atomic E-state index is -0.339. The molecule has 0 bridgehead atoms. The van der Waals surface area contributed by atoms with Crippen LogP contribution in [0.25, 0.3) is 0 Å². The summed E-state index contributed by atoms with van der Waals surface area (Å²) in [6.07, 6.45) is 1.84. The van der Waals surface area contributed by atoms with Gasteiger partial charge in [-0.15, -0.1) is 0 Å². The van der Waals surface area contributed by atoms with Crippen LogP contribution in [0.2, 0.25) is 0 Å². The molecule has 0 fully saturated rings. The van der Waals surface area contributed by atoms with Crippen LogP contribution in [0.4, 0.5) is 5.69 Å². The Hall–Kier alpha value is -2.60. The number of ether oxygens (including phenoxy) is 2. The van der Waals surface area contributed by atoms with E-state index in [2.05, 4.69) is 12.2 Å². The van der Waals surface area contributed by atoms with E-state index >= 15 is 0 Å². The molecule has 3 rings (SSSR count). The molecule has 2 aromatic rings. The molecule has 0 radical (unpaired) electrons. The zero-order valence-electron chi connectivity index (χ0n) is 13.5. The number of nitrogens with one attached hydrogen (secondary N) is 1. The number of para-hydroxylation sites is 1. The Balaban J connectivity index is 1.51. The second-order valence-electron chi connectivity index (χ2n) is 5.89. The van der Waals surface area contributed by atoms with Crippen LogP contribution in [0.1, 0.15) is 24.5 Å². The lowest BCUT2D eigenvalue weighted by atomic mass is 10.1. The highest BCUT2D eigenvalue weighted by atomic mass is 16.7. The van der Waals surface area contributed by atoms with Gasteiger partial charge in [0.25, 0.3) is 5.69 Å². The molecule has 0 aromatic heterocycles. The lowest BCUT2D eigenvalue weighted by molar-refractivity contribution is -0.385. The zero-order chi connectivity index (χ0) is 16.9. The van der Waals surface area contributed by atoms with Crippen molar-refractivity contribution in [3.05, 3.63) is 63.7 Å². The molecule has 6 heteroatoms. The first kappa shape index (κ1) is 16.3. The van der Waals surface area contributed by atoms with Gasteiger partial charge in [0.2, 0.25) is 6.79 Å². The highest BCUT2D eigenvalue weighted by molar-refractivity contribution is 5.44. The summed E-state index contributed by atoms with van der Waals surface area (Å²) in [6.45, 7) is 2.85. The van der Waals surface area contributed by atoms with Crippen molar-refractivity contribution in [1.82, 2.24) is 5.32 Å². The quantitative estimate of drug-likeness (QED) is 0.622.